The number of nitriles is 1. The molecular weight excluding hydrogens is 646 g/mol. The van der Waals surface area contributed by atoms with Gasteiger partial charge in [0.05, 0.1) is 23.9 Å². The van der Waals surface area contributed by atoms with Gasteiger partial charge in [-0.1, -0.05) is 47.6 Å². The number of nitrogens with two attached hydrogens (primary N) is 1. The van der Waals surface area contributed by atoms with Gasteiger partial charge in [-0.3, -0.25) is 4.79 Å². The third kappa shape index (κ3) is 8.53. The van der Waals surface area contributed by atoms with E-state index in [-0.39, 0.29) is 24.5 Å². The molecule has 2 aromatic heterocycles. The quantitative estimate of drug-likeness (QED) is 0.0659. The fourth-order valence-electron chi connectivity index (χ4n) is 4.12. The fraction of sp³-hybridized carbons (Fsp3) is 0.250. The number of rotatable bonds is 13. The molecule has 4 N–H and O–H groups in total. The Bertz CT molecular complexity index is 1780. The number of ether oxygens (including phenoxy) is 2. The lowest BCUT2D eigenvalue weighted by Gasteiger charge is -2.16. The van der Waals surface area contributed by atoms with Crippen molar-refractivity contribution in [2.24, 2.45) is 5.73 Å². The lowest BCUT2D eigenvalue weighted by Crippen LogP contribution is -2.46. The van der Waals surface area contributed by atoms with Crippen molar-refractivity contribution in [2.45, 2.75) is 36.7 Å². The average Bonchev–Trinajstić information content (AvgIpc) is 3.54. The van der Waals surface area contributed by atoms with E-state index in [0.717, 1.165) is 16.3 Å². The van der Waals surface area contributed by atoms with Crippen LogP contribution in [0.1, 0.15) is 25.1 Å². The molecule has 0 aliphatic rings. The van der Waals surface area contributed by atoms with Crippen LogP contribution >= 0.6 is 34.7 Å². The van der Waals surface area contributed by atoms with E-state index in [1.54, 1.807) is 31.3 Å². The summed E-state index contributed by atoms with van der Waals surface area (Å²) in [5.41, 5.74) is 8.92. The van der Waals surface area contributed by atoms with E-state index in [4.69, 9.17) is 38.4 Å². The maximum Gasteiger partial charge on any atom is 0.328 e. The number of esters is 1. The molecule has 236 valence electrons. The zero-order chi connectivity index (χ0) is 33.2. The van der Waals surface area contributed by atoms with Crippen molar-refractivity contribution in [3.05, 3.63) is 81.6 Å². The number of aromatic nitrogens is 2. The summed E-state index contributed by atoms with van der Waals surface area (Å²) in [5.74, 6) is 0.276. The third-order valence-electron chi connectivity index (χ3n) is 6.46. The Morgan fingerprint density at radius 1 is 1.13 bits per heavy atom. The number of amides is 1. The van der Waals surface area contributed by atoms with E-state index in [1.165, 1.54) is 36.9 Å². The molecule has 0 saturated heterocycles. The van der Waals surface area contributed by atoms with Gasteiger partial charge in [-0.05, 0) is 43.7 Å². The maximum atomic E-state index is 12.1. The number of thiazole rings is 1. The minimum atomic E-state index is -0.844. The SMILES string of the molecule is [C-]#[N+]c1c(NC)nc(SCc2csc(-c3ccc(Cl)cc3)n2)c(C#N)c1-c1ccc(OCCOC(=O)[C@H](C)NC(=O)[C@H](C)N)cc1. The third-order valence-corrected chi connectivity index (χ3v) is 8.66. The largest absolute Gasteiger partial charge is 0.490 e. The Labute approximate surface area is 279 Å². The molecule has 4 rings (SSSR count). The Balaban J connectivity index is 1.46. The number of nitrogens with one attached hydrogen (secondary N) is 2. The van der Waals surface area contributed by atoms with Gasteiger partial charge < -0.3 is 25.8 Å². The number of pyridine rings is 1. The van der Waals surface area contributed by atoms with Gasteiger partial charge in [-0.15, -0.1) is 11.3 Å². The van der Waals surface area contributed by atoms with Crippen LogP contribution in [0.3, 0.4) is 0 Å². The van der Waals surface area contributed by atoms with Crippen molar-refractivity contribution in [1.29, 1.82) is 5.26 Å². The highest BCUT2D eigenvalue weighted by Gasteiger charge is 2.22. The number of carbonyl (C=O) groups excluding carboxylic acids is 2. The molecule has 2 atom stereocenters. The van der Waals surface area contributed by atoms with Crippen LogP contribution in [-0.4, -0.2) is 54.2 Å². The molecule has 0 radical (unpaired) electrons. The van der Waals surface area contributed by atoms with Crippen LogP contribution in [0.25, 0.3) is 26.5 Å². The van der Waals surface area contributed by atoms with Crippen molar-refractivity contribution >= 4 is 58.1 Å². The number of halogens is 1. The van der Waals surface area contributed by atoms with Gasteiger partial charge in [0.25, 0.3) is 0 Å². The molecule has 0 unspecified atom stereocenters. The summed E-state index contributed by atoms with van der Waals surface area (Å²) in [7, 11) is 1.68. The monoisotopic (exact) mass is 675 g/mol. The zero-order valence-electron chi connectivity index (χ0n) is 25.2. The first kappa shape index (κ1) is 34.2. The summed E-state index contributed by atoms with van der Waals surface area (Å²) in [6.45, 7) is 10.9. The number of thioether (sulfide) groups is 1. The first-order valence-electron chi connectivity index (χ1n) is 14.0. The predicted octanol–water partition coefficient (Wildman–Crippen LogP) is 6.06. The molecule has 0 aliphatic carbocycles. The molecule has 14 heteroatoms. The Hall–Kier alpha value is -4.66. The normalized spacial score (nSPS) is 11.9. The number of hydrogen-bond acceptors (Lipinski definition) is 11. The second-order valence-electron chi connectivity index (χ2n) is 9.84. The second kappa shape index (κ2) is 16.1. The van der Waals surface area contributed by atoms with Crippen molar-refractivity contribution in [1.82, 2.24) is 15.3 Å². The molecule has 0 spiro atoms. The molecule has 0 bridgehead atoms. The minimum Gasteiger partial charge on any atom is -0.490 e. The van der Waals surface area contributed by atoms with Crippen LogP contribution in [0.5, 0.6) is 5.75 Å². The number of anilines is 1. The van der Waals surface area contributed by atoms with Gasteiger partial charge >= 0.3 is 5.97 Å². The van der Waals surface area contributed by atoms with E-state index in [1.807, 2.05) is 29.6 Å². The Morgan fingerprint density at radius 2 is 1.83 bits per heavy atom. The maximum absolute atomic E-state index is 12.1. The Morgan fingerprint density at radius 3 is 2.46 bits per heavy atom. The highest BCUT2D eigenvalue weighted by molar-refractivity contribution is 7.98. The second-order valence-corrected chi connectivity index (χ2v) is 12.1. The molecule has 1 amide bonds. The van der Waals surface area contributed by atoms with E-state index >= 15 is 0 Å². The lowest BCUT2D eigenvalue weighted by atomic mass is 10.00. The van der Waals surface area contributed by atoms with Crippen LogP contribution in [0.2, 0.25) is 5.02 Å². The van der Waals surface area contributed by atoms with E-state index in [0.29, 0.717) is 38.5 Å². The molecule has 2 heterocycles. The van der Waals surface area contributed by atoms with Crippen LogP contribution in [-0.2, 0) is 20.1 Å². The molecule has 4 aromatic rings. The molecule has 2 aromatic carbocycles. The molecule has 0 aliphatic heterocycles. The number of carbonyl (C=O) groups is 2. The average molecular weight is 676 g/mol. The highest BCUT2D eigenvalue weighted by Crippen LogP contribution is 2.43. The molecule has 46 heavy (non-hydrogen) atoms. The van der Waals surface area contributed by atoms with E-state index in [9.17, 15) is 14.9 Å². The fourth-order valence-corrected chi connectivity index (χ4v) is 6.05. The molecule has 11 nitrogen and oxygen atoms in total. The van der Waals surface area contributed by atoms with Gasteiger partial charge in [0.15, 0.2) is 0 Å². The first-order valence-corrected chi connectivity index (χ1v) is 16.2. The van der Waals surface area contributed by atoms with E-state index in [2.05, 4.69) is 26.5 Å². The number of benzene rings is 2. The van der Waals surface area contributed by atoms with Crippen molar-refractivity contribution in [3.8, 4) is 33.5 Å². The summed E-state index contributed by atoms with van der Waals surface area (Å²) in [5, 5.41) is 19.7. The first-order chi connectivity index (χ1) is 22.1. The van der Waals surface area contributed by atoms with Gasteiger partial charge in [-0.25, -0.2) is 19.6 Å². The lowest BCUT2D eigenvalue weighted by molar-refractivity contribution is -0.148. The predicted molar refractivity (Wildman–Crippen MR) is 180 cm³/mol. The summed E-state index contributed by atoms with van der Waals surface area (Å²) in [6.07, 6.45) is 0. The van der Waals surface area contributed by atoms with Crippen molar-refractivity contribution < 1.29 is 19.1 Å². The van der Waals surface area contributed by atoms with Crippen LogP contribution in [0.15, 0.2) is 58.9 Å². The topological polar surface area (TPSA) is 157 Å². The molecule has 0 saturated carbocycles. The Kier molecular flexibility index (Phi) is 11.9. The minimum absolute atomic E-state index is 0.0317. The van der Waals surface area contributed by atoms with Gasteiger partial charge in [0.1, 0.15) is 46.9 Å². The van der Waals surface area contributed by atoms with Gasteiger partial charge in [0.2, 0.25) is 11.6 Å². The van der Waals surface area contributed by atoms with Crippen molar-refractivity contribution in [3.63, 3.8) is 0 Å². The summed E-state index contributed by atoms with van der Waals surface area (Å²) >= 11 is 8.90. The van der Waals surface area contributed by atoms with Gasteiger partial charge in [0, 0.05) is 34.3 Å². The molecular formula is C32H30ClN7O4S2. The van der Waals surface area contributed by atoms with Crippen LogP contribution in [0, 0.1) is 17.9 Å². The van der Waals surface area contributed by atoms with E-state index < -0.39 is 24.0 Å². The van der Waals surface area contributed by atoms with Crippen LogP contribution in [0.4, 0.5) is 11.5 Å². The summed E-state index contributed by atoms with van der Waals surface area (Å²) in [4.78, 5) is 36.8. The van der Waals surface area contributed by atoms with Crippen molar-refractivity contribution in [2.75, 3.05) is 25.6 Å². The smallest absolute Gasteiger partial charge is 0.328 e. The van der Waals surface area contributed by atoms with Gasteiger partial charge in [-0.2, -0.15) is 5.26 Å². The highest BCUT2D eigenvalue weighted by atomic mass is 35.5. The van der Waals surface area contributed by atoms with Crippen LogP contribution < -0.4 is 21.1 Å². The number of hydrogen-bond donors (Lipinski definition) is 3. The zero-order valence-corrected chi connectivity index (χ0v) is 27.6. The number of nitrogens with zero attached hydrogens (tertiary/aromatic N) is 4. The summed E-state index contributed by atoms with van der Waals surface area (Å²) in [6, 6.07) is 15.1. The molecule has 0 fully saturated rings. The standard InChI is InChI=1S/C32H30ClN7O4S2/c1-18(35)29(41)38-19(2)32(42)44-14-13-43-24-11-7-20(8-12-24)26-25(15-34)31(40-28(37-4)27(26)36-3)46-17-23-16-45-30(39-23)21-5-9-22(33)10-6-21/h5-12,16,18-19H,13-14,17,35H2,1-2,4H3,(H,37,40)(H,38,41)/t18-,19-/m0/s1. The summed E-state index contributed by atoms with van der Waals surface area (Å²) < 4.78 is 10.9.